The maximum Gasteiger partial charge on any atom is 0.133 e. The van der Waals surface area contributed by atoms with Crippen molar-refractivity contribution in [1.29, 1.82) is 0 Å². The number of halogens is 1. The zero-order valence-corrected chi connectivity index (χ0v) is 7.95. The van der Waals surface area contributed by atoms with Crippen LogP contribution in [-0.2, 0) is 5.75 Å². The van der Waals surface area contributed by atoms with E-state index in [0.717, 1.165) is 17.1 Å². The molecule has 1 aromatic rings. The Hall–Kier alpha value is -0.210. The molecule has 0 saturated carbocycles. The maximum absolute atomic E-state index is 5.84. The molecule has 0 spiro atoms. The summed E-state index contributed by atoms with van der Waals surface area (Å²) in [7, 11) is 0. The molecule has 0 saturated heterocycles. The first-order chi connectivity index (χ1) is 5.34. The lowest BCUT2D eigenvalue weighted by Gasteiger charge is -1.99. The molecule has 1 aromatic heterocycles. The first-order valence-corrected chi connectivity index (χ1v) is 5.05. The highest BCUT2D eigenvalue weighted by Crippen LogP contribution is 2.17. The molecule has 1 rings (SSSR count). The van der Waals surface area contributed by atoms with Crippen LogP contribution in [0.3, 0.4) is 0 Å². The highest BCUT2D eigenvalue weighted by molar-refractivity contribution is 7.98. The molecule has 0 aliphatic heterocycles. The zero-order chi connectivity index (χ0) is 8.10. The Morgan fingerprint density at radius 1 is 1.64 bits per heavy atom. The lowest BCUT2D eigenvalue weighted by molar-refractivity contribution is 1.25. The van der Waals surface area contributed by atoms with Crippen LogP contribution in [0.1, 0.15) is 12.5 Å². The molecule has 1 heterocycles. The summed E-state index contributed by atoms with van der Waals surface area (Å²) in [6.45, 7) is 2.13. The van der Waals surface area contributed by atoms with Crippen LogP contribution in [0.25, 0.3) is 0 Å². The van der Waals surface area contributed by atoms with Gasteiger partial charge in [-0.15, -0.1) is 0 Å². The quantitative estimate of drug-likeness (QED) is 0.675. The molecule has 1 nitrogen and oxygen atoms in total. The molecule has 0 aliphatic carbocycles. The molecule has 0 bridgehead atoms. The molecule has 0 aliphatic rings. The summed E-state index contributed by atoms with van der Waals surface area (Å²) >= 11 is 7.69. The van der Waals surface area contributed by atoms with E-state index in [0.29, 0.717) is 5.15 Å². The Morgan fingerprint density at radius 2 is 2.45 bits per heavy atom. The fourth-order valence-corrected chi connectivity index (χ4v) is 1.66. The number of pyridine rings is 1. The fraction of sp³-hybridized carbons (Fsp3) is 0.375. The number of nitrogens with zero attached hydrogens (tertiary/aromatic N) is 1. The predicted molar refractivity (Wildman–Crippen MR) is 51.1 cm³/mol. The molecule has 0 N–H and O–H groups in total. The van der Waals surface area contributed by atoms with Gasteiger partial charge in [0.25, 0.3) is 0 Å². The number of hydrogen-bond donors (Lipinski definition) is 0. The van der Waals surface area contributed by atoms with Crippen LogP contribution >= 0.6 is 23.4 Å². The molecular formula is C8H10ClNS. The molecule has 0 aromatic carbocycles. The van der Waals surface area contributed by atoms with E-state index in [1.807, 2.05) is 23.9 Å². The molecule has 11 heavy (non-hydrogen) atoms. The van der Waals surface area contributed by atoms with Gasteiger partial charge >= 0.3 is 0 Å². The maximum atomic E-state index is 5.84. The van der Waals surface area contributed by atoms with E-state index in [9.17, 15) is 0 Å². The van der Waals surface area contributed by atoms with E-state index in [4.69, 9.17) is 11.6 Å². The predicted octanol–water partition coefficient (Wildman–Crippen LogP) is 2.99. The molecule has 0 amide bonds. The van der Waals surface area contributed by atoms with Crippen LogP contribution in [0.15, 0.2) is 18.3 Å². The van der Waals surface area contributed by atoms with E-state index in [2.05, 4.69) is 11.9 Å². The molecule has 0 unspecified atom stereocenters. The van der Waals surface area contributed by atoms with Crippen molar-refractivity contribution in [1.82, 2.24) is 4.98 Å². The van der Waals surface area contributed by atoms with Gasteiger partial charge in [0.05, 0.1) is 0 Å². The van der Waals surface area contributed by atoms with Gasteiger partial charge in [0.15, 0.2) is 0 Å². The second-order valence-electron chi connectivity index (χ2n) is 2.09. The normalized spacial score (nSPS) is 10.0. The van der Waals surface area contributed by atoms with Crippen LogP contribution in [-0.4, -0.2) is 10.7 Å². The van der Waals surface area contributed by atoms with Crippen molar-refractivity contribution in [3.8, 4) is 0 Å². The summed E-state index contributed by atoms with van der Waals surface area (Å²) in [6, 6.07) is 3.93. The summed E-state index contributed by atoms with van der Waals surface area (Å²) < 4.78 is 0. The summed E-state index contributed by atoms with van der Waals surface area (Å²) in [6.07, 6.45) is 1.71. The average molecular weight is 188 g/mol. The lowest BCUT2D eigenvalue weighted by Crippen LogP contribution is -1.84. The molecule has 0 radical (unpaired) electrons. The van der Waals surface area contributed by atoms with Gasteiger partial charge < -0.3 is 0 Å². The van der Waals surface area contributed by atoms with Crippen molar-refractivity contribution in [2.45, 2.75) is 12.7 Å². The summed E-state index contributed by atoms with van der Waals surface area (Å²) in [4.78, 5) is 3.98. The van der Waals surface area contributed by atoms with Gasteiger partial charge in [-0.25, -0.2) is 4.98 Å². The van der Waals surface area contributed by atoms with E-state index in [1.165, 1.54) is 0 Å². The van der Waals surface area contributed by atoms with E-state index in [-0.39, 0.29) is 0 Å². The van der Waals surface area contributed by atoms with Crippen LogP contribution in [0.5, 0.6) is 0 Å². The Balaban J connectivity index is 2.62. The van der Waals surface area contributed by atoms with Gasteiger partial charge in [0.1, 0.15) is 5.15 Å². The van der Waals surface area contributed by atoms with Crippen LogP contribution in [0.2, 0.25) is 5.15 Å². The first kappa shape index (κ1) is 8.88. The molecule has 0 atom stereocenters. The lowest BCUT2D eigenvalue weighted by atomic mass is 10.3. The van der Waals surface area contributed by atoms with Crippen molar-refractivity contribution in [2.24, 2.45) is 0 Å². The third-order valence-electron chi connectivity index (χ3n) is 1.30. The number of hydrogen-bond acceptors (Lipinski definition) is 2. The minimum absolute atomic E-state index is 0.633. The van der Waals surface area contributed by atoms with Gasteiger partial charge in [-0.2, -0.15) is 11.8 Å². The van der Waals surface area contributed by atoms with Gasteiger partial charge in [-0.3, -0.25) is 0 Å². The number of thioether (sulfide) groups is 1. The Morgan fingerprint density at radius 3 is 3.09 bits per heavy atom. The van der Waals surface area contributed by atoms with E-state index >= 15 is 0 Å². The number of rotatable bonds is 3. The Kier molecular flexibility index (Phi) is 3.73. The molecule has 0 fully saturated rings. The van der Waals surface area contributed by atoms with Crippen molar-refractivity contribution >= 4 is 23.4 Å². The summed E-state index contributed by atoms with van der Waals surface area (Å²) in [5.74, 6) is 2.08. The fourth-order valence-electron chi connectivity index (χ4n) is 0.739. The van der Waals surface area contributed by atoms with Gasteiger partial charge in [-0.05, 0) is 17.4 Å². The molecule has 60 valence electrons. The third kappa shape index (κ3) is 2.72. The highest BCUT2D eigenvalue weighted by atomic mass is 35.5. The average Bonchev–Trinajstić information content (AvgIpc) is 2.03. The first-order valence-electron chi connectivity index (χ1n) is 3.51. The van der Waals surface area contributed by atoms with Gasteiger partial charge in [0, 0.05) is 11.9 Å². The third-order valence-corrected chi connectivity index (χ3v) is 2.56. The Bertz CT molecular complexity index is 227. The van der Waals surface area contributed by atoms with Crippen LogP contribution in [0, 0.1) is 0 Å². The SMILES string of the molecule is CCSCc1cccnc1Cl. The second kappa shape index (κ2) is 4.62. The monoisotopic (exact) mass is 187 g/mol. The smallest absolute Gasteiger partial charge is 0.133 e. The van der Waals surface area contributed by atoms with Crippen LogP contribution in [0.4, 0.5) is 0 Å². The topological polar surface area (TPSA) is 12.9 Å². The summed E-state index contributed by atoms with van der Waals surface area (Å²) in [5, 5.41) is 0.633. The van der Waals surface area contributed by atoms with Crippen LogP contribution < -0.4 is 0 Å². The van der Waals surface area contributed by atoms with Crippen molar-refractivity contribution in [3.63, 3.8) is 0 Å². The van der Waals surface area contributed by atoms with Crippen molar-refractivity contribution in [2.75, 3.05) is 5.75 Å². The minimum atomic E-state index is 0.633. The minimum Gasteiger partial charge on any atom is -0.244 e. The van der Waals surface area contributed by atoms with E-state index in [1.54, 1.807) is 6.20 Å². The standard InChI is InChI=1S/C8H10ClNS/c1-2-11-6-7-4-3-5-10-8(7)9/h3-5H,2,6H2,1H3. The zero-order valence-electron chi connectivity index (χ0n) is 6.38. The molecule has 3 heteroatoms. The summed E-state index contributed by atoms with van der Waals surface area (Å²) in [5.41, 5.74) is 1.13. The largest absolute Gasteiger partial charge is 0.244 e. The number of aromatic nitrogens is 1. The Labute approximate surface area is 76.2 Å². The van der Waals surface area contributed by atoms with E-state index < -0.39 is 0 Å². The molecular weight excluding hydrogens is 178 g/mol. The van der Waals surface area contributed by atoms with Crippen molar-refractivity contribution in [3.05, 3.63) is 29.0 Å². The van der Waals surface area contributed by atoms with Gasteiger partial charge in [-0.1, -0.05) is 24.6 Å². The van der Waals surface area contributed by atoms with Crippen molar-refractivity contribution < 1.29 is 0 Å². The highest BCUT2D eigenvalue weighted by Gasteiger charge is 1.97. The second-order valence-corrected chi connectivity index (χ2v) is 3.72. The van der Waals surface area contributed by atoms with Gasteiger partial charge in [0.2, 0.25) is 0 Å².